The topological polar surface area (TPSA) is 248 Å². The quantitative estimate of drug-likeness (QED) is 0.0947. The van der Waals surface area contributed by atoms with Gasteiger partial charge in [-0.25, -0.2) is 10.5 Å². The molecule has 0 bridgehead atoms. The first-order valence-electron chi connectivity index (χ1n) is 8.01. The van der Waals surface area contributed by atoms with Crippen LogP contribution in [0.3, 0.4) is 0 Å². The van der Waals surface area contributed by atoms with Gasteiger partial charge in [-0.3, -0.25) is 10.6 Å². The number of aromatic nitrogens is 10. The highest BCUT2D eigenvalue weighted by atomic mass is 15.5. The van der Waals surface area contributed by atoms with Crippen LogP contribution >= 0.6 is 0 Å². The molecular weight excluding hydrogens is 382 g/mol. The molecule has 17 nitrogen and oxygen atoms in total. The van der Waals surface area contributed by atoms with Crippen LogP contribution in [0, 0.1) is 16.9 Å². The molecule has 3 aromatic rings. The summed E-state index contributed by atoms with van der Waals surface area (Å²) < 4.78 is 1.07. The molecule has 150 valence electrons. The molecule has 8 N–H and O–H groups in total. The Morgan fingerprint density at radius 2 is 1.86 bits per heavy atom. The second kappa shape index (κ2) is 7.55. The standard InChI is InChI=1S/C12H17N17/c1-12(2,3)5(14)20-22-9-18-8(21-23-9)19-10-24-26-11(27-25-10)29-6(15)17-7(28-29)16-4-13/h1-3H3,(H2,14,20)(H3,15,16,17,28)(H3,18,19,21,22,23,24,25). The van der Waals surface area contributed by atoms with E-state index in [9.17, 15) is 0 Å². The van der Waals surface area contributed by atoms with Crippen molar-refractivity contribution in [2.24, 2.45) is 16.3 Å². The molecule has 0 saturated carbocycles. The third-order valence-electron chi connectivity index (χ3n) is 3.22. The zero-order valence-electron chi connectivity index (χ0n) is 15.6. The maximum atomic E-state index is 8.58. The van der Waals surface area contributed by atoms with Crippen LogP contribution in [0.5, 0.6) is 0 Å². The first kappa shape index (κ1) is 19.2. The Hall–Kier alpha value is -4.62. The number of rotatable bonds is 6. The smallest absolute Gasteiger partial charge is 0.292 e. The summed E-state index contributed by atoms with van der Waals surface area (Å²) in [6.45, 7) is 5.78. The normalized spacial score (nSPS) is 11.7. The fraction of sp³-hybridized carbons (Fsp3) is 0.333. The highest BCUT2D eigenvalue weighted by Gasteiger charge is 2.16. The van der Waals surface area contributed by atoms with Gasteiger partial charge in [-0.05, 0) is 0 Å². The van der Waals surface area contributed by atoms with Gasteiger partial charge in [-0.1, -0.05) is 20.8 Å². The predicted molar refractivity (Wildman–Crippen MR) is 101 cm³/mol. The Balaban J connectivity index is 1.66. The SMILES string of the molecule is CC(C)(C)C(N)=NNc1nc(Nc2nnc(-n3nc(NC#N)nc3N)nn2)n[nH]1. The highest BCUT2D eigenvalue weighted by molar-refractivity contribution is 5.85. The summed E-state index contributed by atoms with van der Waals surface area (Å²) in [5.41, 5.74) is 13.9. The Bertz CT molecular complexity index is 1050. The van der Waals surface area contributed by atoms with Gasteiger partial charge < -0.3 is 11.5 Å². The van der Waals surface area contributed by atoms with E-state index < -0.39 is 0 Å². The van der Waals surface area contributed by atoms with Crippen molar-refractivity contribution < 1.29 is 0 Å². The van der Waals surface area contributed by atoms with Crippen LogP contribution in [-0.4, -0.2) is 56.2 Å². The van der Waals surface area contributed by atoms with E-state index >= 15 is 0 Å². The minimum Gasteiger partial charge on any atom is -0.385 e. The molecule has 0 aromatic carbocycles. The second-order valence-corrected chi connectivity index (χ2v) is 6.46. The number of nitrogens with two attached hydrogens (primary N) is 2. The molecule has 0 aliphatic rings. The number of aromatic amines is 1. The maximum absolute atomic E-state index is 8.58. The van der Waals surface area contributed by atoms with Crippen molar-refractivity contribution in [3.05, 3.63) is 0 Å². The number of nitrogens with zero attached hydrogens (tertiary/aromatic N) is 11. The molecule has 0 saturated heterocycles. The lowest BCUT2D eigenvalue weighted by atomic mass is 9.96. The summed E-state index contributed by atoms with van der Waals surface area (Å²) in [5.74, 6) is 0.718. The third kappa shape index (κ3) is 4.57. The van der Waals surface area contributed by atoms with Gasteiger partial charge in [0.2, 0.25) is 11.9 Å². The number of hydrogen-bond acceptors (Lipinski definition) is 14. The molecule has 0 unspecified atom stereocenters. The molecule has 0 aliphatic heterocycles. The van der Waals surface area contributed by atoms with Gasteiger partial charge >= 0.3 is 0 Å². The number of H-pyrrole nitrogens is 1. The van der Waals surface area contributed by atoms with Gasteiger partial charge in [0.25, 0.3) is 23.8 Å². The molecule has 3 rings (SSSR count). The second-order valence-electron chi connectivity index (χ2n) is 6.46. The molecule has 0 aliphatic carbocycles. The van der Waals surface area contributed by atoms with Crippen LogP contribution in [0.2, 0.25) is 0 Å². The Labute approximate surface area is 163 Å². The van der Waals surface area contributed by atoms with Crippen LogP contribution in [0.15, 0.2) is 5.10 Å². The highest BCUT2D eigenvalue weighted by Crippen LogP contribution is 2.14. The molecule has 29 heavy (non-hydrogen) atoms. The minimum atomic E-state index is -0.292. The molecule has 0 atom stereocenters. The fourth-order valence-corrected chi connectivity index (χ4v) is 1.68. The number of nitrogens with one attached hydrogen (secondary N) is 4. The average Bonchev–Trinajstić information content (AvgIpc) is 3.26. The number of amidine groups is 1. The number of nitriles is 1. The van der Waals surface area contributed by atoms with Crippen molar-refractivity contribution in [2.45, 2.75) is 20.8 Å². The van der Waals surface area contributed by atoms with Crippen molar-refractivity contribution >= 4 is 35.6 Å². The Morgan fingerprint density at radius 3 is 2.52 bits per heavy atom. The fourth-order valence-electron chi connectivity index (χ4n) is 1.68. The van der Waals surface area contributed by atoms with Crippen molar-refractivity contribution in [2.75, 3.05) is 21.8 Å². The van der Waals surface area contributed by atoms with E-state index in [1.54, 1.807) is 6.19 Å². The molecule has 0 amide bonds. The van der Waals surface area contributed by atoms with E-state index in [1.807, 2.05) is 20.8 Å². The number of nitrogen functional groups attached to an aromatic ring is 1. The molecule has 17 heteroatoms. The van der Waals surface area contributed by atoms with Crippen molar-refractivity contribution in [1.29, 1.82) is 5.26 Å². The lowest BCUT2D eigenvalue weighted by Crippen LogP contribution is -2.29. The van der Waals surface area contributed by atoms with Crippen molar-refractivity contribution in [3.8, 4) is 12.1 Å². The zero-order chi connectivity index (χ0) is 21.0. The molecule has 0 radical (unpaired) electrons. The summed E-state index contributed by atoms with van der Waals surface area (Å²) >= 11 is 0. The summed E-state index contributed by atoms with van der Waals surface area (Å²) in [4.78, 5) is 7.91. The van der Waals surface area contributed by atoms with Crippen LogP contribution in [0.1, 0.15) is 20.8 Å². The minimum absolute atomic E-state index is 0.00805. The summed E-state index contributed by atoms with van der Waals surface area (Å²) in [6, 6.07) is 0. The average molecular weight is 399 g/mol. The van der Waals surface area contributed by atoms with Gasteiger partial charge in [-0.2, -0.15) is 25.0 Å². The van der Waals surface area contributed by atoms with Gasteiger partial charge in [0.05, 0.1) is 0 Å². The van der Waals surface area contributed by atoms with E-state index in [-0.39, 0.29) is 41.1 Å². The van der Waals surface area contributed by atoms with E-state index in [1.165, 1.54) is 0 Å². The Kier molecular flexibility index (Phi) is 4.99. The van der Waals surface area contributed by atoms with Gasteiger partial charge in [0, 0.05) is 5.41 Å². The van der Waals surface area contributed by atoms with E-state index in [4.69, 9.17) is 16.7 Å². The van der Waals surface area contributed by atoms with Crippen LogP contribution in [-0.2, 0) is 0 Å². The van der Waals surface area contributed by atoms with Gasteiger partial charge in [0.1, 0.15) is 5.84 Å². The third-order valence-corrected chi connectivity index (χ3v) is 3.22. The van der Waals surface area contributed by atoms with E-state index in [0.717, 1.165) is 4.68 Å². The molecule has 0 fully saturated rings. The first-order chi connectivity index (χ1) is 13.8. The lowest BCUT2D eigenvalue weighted by molar-refractivity contribution is 0.583. The van der Waals surface area contributed by atoms with Gasteiger partial charge in [0.15, 0.2) is 6.19 Å². The molecular formula is C12H17N17. The lowest BCUT2D eigenvalue weighted by Gasteiger charge is -2.16. The zero-order valence-corrected chi connectivity index (χ0v) is 15.6. The summed E-state index contributed by atoms with van der Waals surface area (Å²) in [5, 5.41) is 43.4. The predicted octanol–water partition coefficient (Wildman–Crippen LogP) is -1.09. The number of hydrazone groups is 1. The molecule has 3 heterocycles. The summed E-state index contributed by atoms with van der Waals surface area (Å²) in [6.07, 6.45) is 1.67. The maximum Gasteiger partial charge on any atom is 0.292 e. The number of hydrogen-bond donors (Lipinski definition) is 6. The Morgan fingerprint density at radius 1 is 1.14 bits per heavy atom. The monoisotopic (exact) mass is 399 g/mol. The van der Waals surface area contributed by atoms with E-state index in [2.05, 4.69) is 66.8 Å². The number of anilines is 5. The van der Waals surface area contributed by atoms with Crippen LogP contribution in [0.4, 0.5) is 29.7 Å². The van der Waals surface area contributed by atoms with Gasteiger partial charge in [-0.15, -0.1) is 30.6 Å². The van der Waals surface area contributed by atoms with Crippen molar-refractivity contribution in [1.82, 2.24) is 50.3 Å². The summed E-state index contributed by atoms with van der Waals surface area (Å²) in [7, 11) is 0. The first-order valence-corrected chi connectivity index (χ1v) is 8.01. The van der Waals surface area contributed by atoms with Crippen molar-refractivity contribution in [3.63, 3.8) is 0 Å². The molecule has 3 aromatic heterocycles. The van der Waals surface area contributed by atoms with E-state index in [0.29, 0.717) is 5.84 Å². The molecule has 0 spiro atoms. The van der Waals surface area contributed by atoms with Crippen LogP contribution < -0.4 is 27.5 Å². The van der Waals surface area contributed by atoms with Crippen LogP contribution in [0.25, 0.3) is 5.95 Å². The largest absolute Gasteiger partial charge is 0.385 e.